The maximum Gasteiger partial charge on any atom is 0.227 e. The van der Waals surface area contributed by atoms with E-state index in [0.29, 0.717) is 6.54 Å². The van der Waals surface area contributed by atoms with Crippen molar-refractivity contribution in [2.45, 2.75) is 33.1 Å². The third kappa shape index (κ3) is 4.19. The quantitative estimate of drug-likeness (QED) is 0.794. The molecule has 1 aromatic carbocycles. The summed E-state index contributed by atoms with van der Waals surface area (Å²) in [6.07, 6.45) is 2.64. The summed E-state index contributed by atoms with van der Waals surface area (Å²) >= 11 is 0. The Morgan fingerprint density at radius 2 is 1.82 bits per heavy atom. The van der Waals surface area contributed by atoms with Crippen molar-refractivity contribution in [2.75, 3.05) is 11.9 Å². The molecule has 0 atom stereocenters. The summed E-state index contributed by atoms with van der Waals surface area (Å²) in [5.74, 6) is 0.222. The van der Waals surface area contributed by atoms with E-state index in [1.807, 2.05) is 38.1 Å². The van der Waals surface area contributed by atoms with Crippen LogP contribution in [0.15, 0.2) is 24.3 Å². The van der Waals surface area contributed by atoms with Crippen LogP contribution in [0.3, 0.4) is 0 Å². The van der Waals surface area contributed by atoms with Gasteiger partial charge in [-0.2, -0.15) is 0 Å². The fourth-order valence-electron chi connectivity index (χ4n) is 1.83. The van der Waals surface area contributed by atoms with Crippen LogP contribution >= 0.6 is 0 Å². The number of amides is 1. The minimum Gasteiger partial charge on any atom is -0.330 e. The number of carbonyl (C=O) groups excluding carboxylic acids is 1. The SMILES string of the molecule is CCC(CC)C(=O)Nc1ccc(CCN)cc1. The fourth-order valence-corrected chi connectivity index (χ4v) is 1.83. The number of nitrogens with two attached hydrogens (primary N) is 1. The summed E-state index contributed by atoms with van der Waals surface area (Å²) in [7, 11) is 0. The van der Waals surface area contributed by atoms with Gasteiger partial charge in [0.25, 0.3) is 0 Å². The lowest BCUT2D eigenvalue weighted by molar-refractivity contribution is -0.120. The highest BCUT2D eigenvalue weighted by atomic mass is 16.1. The molecule has 1 amide bonds. The topological polar surface area (TPSA) is 55.1 Å². The van der Waals surface area contributed by atoms with Gasteiger partial charge in [0.2, 0.25) is 5.91 Å². The number of anilines is 1. The molecule has 0 saturated carbocycles. The summed E-state index contributed by atoms with van der Waals surface area (Å²) in [6, 6.07) is 7.89. The Bertz CT molecular complexity index is 342. The van der Waals surface area contributed by atoms with E-state index in [2.05, 4.69) is 5.32 Å². The van der Waals surface area contributed by atoms with E-state index in [1.54, 1.807) is 0 Å². The molecule has 0 aliphatic rings. The number of hydrogen-bond acceptors (Lipinski definition) is 2. The van der Waals surface area contributed by atoms with Crippen LogP contribution in [0.4, 0.5) is 5.69 Å². The maximum atomic E-state index is 11.9. The molecular weight excluding hydrogens is 212 g/mol. The van der Waals surface area contributed by atoms with Gasteiger partial charge in [-0.1, -0.05) is 26.0 Å². The van der Waals surface area contributed by atoms with E-state index in [-0.39, 0.29) is 11.8 Å². The molecule has 0 aliphatic heterocycles. The van der Waals surface area contributed by atoms with Crippen molar-refractivity contribution < 1.29 is 4.79 Å². The van der Waals surface area contributed by atoms with Crippen molar-refractivity contribution >= 4 is 11.6 Å². The van der Waals surface area contributed by atoms with Crippen molar-refractivity contribution in [3.63, 3.8) is 0 Å². The van der Waals surface area contributed by atoms with Gasteiger partial charge in [0.15, 0.2) is 0 Å². The largest absolute Gasteiger partial charge is 0.330 e. The average Bonchev–Trinajstić information content (AvgIpc) is 2.33. The highest BCUT2D eigenvalue weighted by molar-refractivity contribution is 5.92. The minimum absolute atomic E-state index is 0.110. The second-order valence-corrected chi connectivity index (χ2v) is 4.24. The molecule has 0 aromatic heterocycles. The monoisotopic (exact) mass is 234 g/mol. The van der Waals surface area contributed by atoms with Gasteiger partial charge in [0.05, 0.1) is 0 Å². The third-order valence-corrected chi connectivity index (χ3v) is 3.01. The zero-order chi connectivity index (χ0) is 12.7. The number of rotatable bonds is 6. The van der Waals surface area contributed by atoms with Crippen LogP contribution in [0.2, 0.25) is 0 Å². The average molecular weight is 234 g/mol. The van der Waals surface area contributed by atoms with Crippen LogP contribution in [0.5, 0.6) is 0 Å². The predicted molar refractivity (Wildman–Crippen MR) is 71.9 cm³/mol. The molecule has 0 saturated heterocycles. The zero-order valence-electron chi connectivity index (χ0n) is 10.7. The second kappa shape index (κ2) is 7.07. The van der Waals surface area contributed by atoms with Gasteiger partial charge in [0, 0.05) is 11.6 Å². The Balaban J connectivity index is 2.59. The minimum atomic E-state index is 0.110. The van der Waals surface area contributed by atoms with Crippen LogP contribution in [0.1, 0.15) is 32.3 Å². The molecule has 94 valence electrons. The smallest absolute Gasteiger partial charge is 0.227 e. The first kappa shape index (κ1) is 13.7. The van der Waals surface area contributed by atoms with E-state index in [4.69, 9.17) is 5.73 Å². The lowest BCUT2D eigenvalue weighted by Gasteiger charge is -2.12. The Kier molecular flexibility index (Phi) is 5.70. The first-order chi connectivity index (χ1) is 8.21. The third-order valence-electron chi connectivity index (χ3n) is 3.01. The summed E-state index contributed by atoms with van der Waals surface area (Å²) in [4.78, 5) is 11.9. The Labute approximate surface area is 103 Å². The van der Waals surface area contributed by atoms with Crippen molar-refractivity contribution in [2.24, 2.45) is 11.7 Å². The predicted octanol–water partition coefficient (Wildman–Crippen LogP) is 2.56. The van der Waals surface area contributed by atoms with Gasteiger partial charge < -0.3 is 11.1 Å². The number of carbonyl (C=O) groups is 1. The molecule has 3 N–H and O–H groups in total. The molecule has 3 nitrogen and oxygen atoms in total. The lowest BCUT2D eigenvalue weighted by atomic mass is 10.0. The van der Waals surface area contributed by atoms with Crippen LogP contribution < -0.4 is 11.1 Å². The molecule has 3 heteroatoms. The molecule has 0 aliphatic carbocycles. The van der Waals surface area contributed by atoms with Crippen LogP contribution in [0.25, 0.3) is 0 Å². The summed E-state index contributed by atoms with van der Waals surface area (Å²) in [5, 5.41) is 2.94. The molecule has 0 bridgehead atoms. The molecule has 0 spiro atoms. The molecule has 0 fully saturated rings. The van der Waals surface area contributed by atoms with Gasteiger partial charge >= 0.3 is 0 Å². The molecule has 0 unspecified atom stereocenters. The van der Waals surface area contributed by atoms with E-state index in [1.165, 1.54) is 5.56 Å². The zero-order valence-corrected chi connectivity index (χ0v) is 10.7. The first-order valence-electron chi connectivity index (χ1n) is 6.31. The standard InChI is InChI=1S/C14H22N2O/c1-3-12(4-2)14(17)16-13-7-5-11(6-8-13)9-10-15/h5-8,12H,3-4,9-10,15H2,1-2H3,(H,16,17). The molecular formula is C14H22N2O. The molecule has 0 heterocycles. The summed E-state index contributed by atoms with van der Waals surface area (Å²) < 4.78 is 0. The summed E-state index contributed by atoms with van der Waals surface area (Å²) in [5.41, 5.74) is 7.55. The van der Waals surface area contributed by atoms with Crippen molar-refractivity contribution in [1.82, 2.24) is 0 Å². The van der Waals surface area contributed by atoms with E-state index >= 15 is 0 Å². The van der Waals surface area contributed by atoms with Gasteiger partial charge in [-0.15, -0.1) is 0 Å². The van der Waals surface area contributed by atoms with Crippen molar-refractivity contribution in [1.29, 1.82) is 0 Å². The Morgan fingerprint density at radius 3 is 2.29 bits per heavy atom. The highest BCUT2D eigenvalue weighted by Crippen LogP contribution is 2.14. The highest BCUT2D eigenvalue weighted by Gasteiger charge is 2.13. The van der Waals surface area contributed by atoms with E-state index < -0.39 is 0 Å². The van der Waals surface area contributed by atoms with Crippen molar-refractivity contribution in [3.05, 3.63) is 29.8 Å². The normalized spacial score (nSPS) is 10.6. The fraction of sp³-hybridized carbons (Fsp3) is 0.500. The van der Waals surface area contributed by atoms with Crippen LogP contribution in [-0.2, 0) is 11.2 Å². The molecule has 17 heavy (non-hydrogen) atoms. The molecule has 1 rings (SSSR count). The Morgan fingerprint density at radius 1 is 1.24 bits per heavy atom. The first-order valence-corrected chi connectivity index (χ1v) is 6.31. The maximum absolute atomic E-state index is 11.9. The Hall–Kier alpha value is -1.35. The van der Waals surface area contributed by atoms with Gasteiger partial charge in [-0.25, -0.2) is 0 Å². The van der Waals surface area contributed by atoms with Crippen molar-refractivity contribution in [3.8, 4) is 0 Å². The number of nitrogens with one attached hydrogen (secondary N) is 1. The van der Waals surface area contributed by atoms with Gasteiger partial charge in [-0.05, 0) is 43.5 Å². The van der Waals surface area contributed by atoms with Crippen LogP contribution in [-0.4, -0.2) is 12.5 Å². The van der Waals surface area contributed by atoms with Gasteiger partial charge in [0.1, 0.15) is 0 Å². The number of benzene rings is 1. The number of hydrogen-bond donors (Lipinski definition) is 2. The van der Waals surface area contributed by atoms with Gasteiger partial charge in [-0.3, -0.25) is 4.79 Å². The second-order valence-electron chi connectivity index (χ2n) is 4.24. The van der Waals surface area contributed by atoms with Crippen LogP contribution in [0, 0.1) is 5.92 Å². The van der Waals surface area contributed by atoms with E-state index in [9.17, 15) is 4.79 Å². The lowest BCUT2D eigenvalue weighted by Crippen LogP contribution is -2.21. The van der Waals surface area contributed by atoms with E-state index in [0.717, 1.165) is 24.9 Å². The summed E-state index contributed by atoms with van der Waals surface area (Å²) in [6.45, 7) is 4.73. The molecule has 0 radical (unpaired) electrons. The molecule has 1 aromatic rings.